The second-order valence-electron chi connectivity index (χ2n) is 6.08. The standard InChI is InChI=1S/C14H17B4NO3/c1-3-5(15)11(20)7(17)13-9(3)19-10-4(2)6(16)12(21)8(18)14(10)22-13/h19-21H,15-18H2,1-2H3. The predicted molar refractivity (Wildman–Crippen MR) is 102 cm³/mol. The first-order valence-corrected chi connectivity index (χ1v) is 7.36. The molecule has 0 amide bonds. The fourth-order valence-electron chi connectivity index (χ4n) is 3.01. The molecule has 0 aliphatic carbocycles. The summed E-state index contributed by atoms with van der Waals surface area (Å²) in [6, 6.07) is 0. The van der Waals surface area contributed by atoms with Gasteiger partial charge in [0.05, 0.1) is 11.4 Å². The Morgan fingerprint density at radius 1 is 0.727 bits per heavy atom. The molecule has 3 rings (SSSR count). The van der Waals surface area contributed by atoms with E-state index in [0.717, 1.165) is 33.4 Å². The smallest absolute Gasteiger partial charge is 0.149 e. The Hall–Kier alpha value is -2.10. The maximum Gasteiger partial charge on any atom is 0.149 e. The summed E-state index contributed by atoms with van der Waals surface area (Å²) in [5.41, 5.74) is 6.79. The van der Waals surface area contributed by atoms with Crippen LogP contribution in [0.5, 0.6) is 23.0 Å². The van der Waals surface area contributed by atoms with Gasteiger partial charge in [0.15, 0.2) is 0 Å². The second kappa shape index (κ2) is 4.70. The van der Waals surface area contributed by atoms with Gasteiger partial charge in [-0.15, -0.1) is 0 Å². The van der Waals surface area contributed by atoms with E-state index in [0.29, 0.717) is 22.4 Å². The van der Waals surface area contributed by atoms with Crippen molar-refractivity contribution in [2.75, 3.05) is 5.32 Å². The summed E-state index contributed by atoms with van der Waals surface area (Å²) in [6.45, 7) is 3.92. The molecule has 108 valence electrons. The number of anilines is 2. The number of aromatic hydroxyl groups is 2. The van der Waals surface area contributed by atoms with Crippen LogP contribution in [-0.2, 0) is 0 Å². The van der Waals surface area contributed by atoms with Crippen LogP contribution in [0.3, 0.4) is 0 Å². The monoisotopic (exact) mass is 291 g/mol. The van der Waals surface area contributed by atoms with Crippen molar-refractivity contribution in [3.05, 3.63) is 11.1 Å². The van der Waals surface area contributed by atoms with Crippen molar-refractivity contribution in [3.63, 3.8) is 0 Å². The number of nitrogens with one attached hydrogen (secondary N) is 1. The molecule has 0 unspecified atom stereocenters. The minimum atomic E-state index is 0.257. The van der Waals surface area contributed by atoms with Crippen LogP contribution in [0.4, 0.5) is 11.4 Å². The molecule has 8 heteroatoms. The van der Waals surface area contributed by atoms with E-state index in [4.69, 9.17) is 4.74 Å². The molecule has 0 aromatic heterocycles. The zero-order valence-corrected chi connectivity index (χ0v) is 13.8. The third-order valence-electron chi connectivity index (χ3n) is 4.89. The highest BCUT2D eigenvalue weighted by Crippen LogP contribution is 2.44. The van der Waals surface area contributed by atoms with Gasteiger partial charge in [-0.2, -0.15) is 0 Å². The maximum absolute atomic E-state index is 10.3. The molecule has 0 saturated carbocycles. The van der Waals surface area contributed by atoms with Crippen LogP contribution in [0, 0.1) is 13.8 Å². The van der Waals surface area contributed by atoms with E-state index in [1.807, 2.05) is 45.2 Å². The first kappa shape index (κ1) is 14.8. The molecule has 0 bridgehead atoms. The van der Waals surface area contributed by atoms with Crippen molar-refractivity contribution in [1.82, 2.24) is 0 Å². The molecule has 1 aliphatic heterocycles. The van der Waals surface area contributed by atoms with Gasteiger partial charge in [-0.1, -0.05) is 0 Å². The van der Waals surface area contributed by atoms with E-state index >= 15 is 0 Å². The molecule has 2 aromatic carbocycles. The Labute approximate surface area is 133 Å². The Kier molecular flexibility index (Phi) is 3.17. The van der Waals surface area contributed by atoms with Crippen molar-refractivity contribution < 1.29 is 14.9 Å². The number of phenolic OH excluding ortho intramolecular Hbond substituents is 2. The molecule has 22 heavy (non-hydrogen) atoms. The highest BCUT2D eigenvalue weighted by molar-refractivity contribution is 6.46. The average Bonchev–Trinajstić information content (AvgIpc) is 2.52. The highest BCUT2D eigenvalue weighted by Gasteiger charge is 2.28. The predicted octanol–water partition coefficient (Wildman–Crippen LogP) is -3.40. The van der Waals surface area contributed by atoms with Gasteiger partial charge in [0.2, 0.25) is 0 Å². The molecule has 4 nitrogen and oxygen atoms in total. The maximum atomic E-state index is 10.3. The van der Waals surface area contributed by atoms with Crippen molar-refractivity contribution in [1.29, 1.82) is 0 Å². The van der Waals surface area contributed by atoms with Gasteiger partial charge in [-0.25, -0.2) is 0 Å². The van der Waals surface area contributed by atoms with Gasteiger partial charge >= 0.3 is 0 Å². The van der Waals surface area contributed by atoms with Crippen LogP contribution < -0.4 is 31.9 Å². The minimum absolute atomic E-state index is 0.257. The van der Waals surface area contributed by atoms with Crippen LogP contribution in [0.25, 0.3) is 0 Å². The topological polar surface area (TPSA) is 61.7 Å². The van der Waals surface area contributed by atoms with Gasteiger partial charge in [0.1, 0.15) is 54.4 Å². The molecule has 0 atom stereocenters. The van der Waals surface area contributed by atoms with Crippen LogP contribution in [0.2, 0.25) is 0 Å². The SMILES string of the molecule is Bc1c(C)c2c(c(B)c1O)Oc1c(B)c(O)c(B)c(C)c1N2. The quantitative estimate of drug-likeness (QED) is 0.298. The van der Waals surface area contributed by atoms with Crippen molar-refractivity contribution >= 4 is 64.6 Å². The minimum Gasteiger partial charge on any atom is -0.509 e. The lowest BCUT2D eigenvalue weighted by Gasteiger charge is -2.30. The molecule has 2 aromatic rings. The summed E-state index contributed by atoms with van der Waals surface area (Å²) < 4.78 is 6.09. The first-order valence-electron chi connectivity index (χ1n) is 7.36. The summed E-state index contributed by atoms with van der Waals surface area (Å²) in [7, 11) is 7.47. The number of rotatable bonds is 0. The Bertz CT molecular complexity index is 701. The van der Waals surface area contributed by atoms with Crippen LogP contribution in [-0.4, -0.2) is 41.6 Å². The van der Waals surface area contributed by atoms with Crippen molar-refractivity contribution in [2.24, 2.45) is 0 Å². The van der Waals surface area contributed by atoms with E-state index < -0.39 is 0 Å². The van der Waals surface area contributed by atoms with E-state index in [1.54, 1.807) is 0 Å². The van der Waals surface area contributed by atoms with Gasteiger partial charge in [-0.05, 0) is 46.8 Å². The lowest BCUT2D eigenvalue weighted by molar-refractivity contribution is 0.458. The van der Waals surface area contributed by atoms with Gasteiger partial charge in [0, 0.05) is 0 Å². The summed E-state index contributed by atoms with van der Waals surface area (Å²) in [4.78, 5) is 0. The lowest BCUT2D eigenvalue weighted by atomic mass is 9.78. The average molecular weight is 291 g/mol. The number of fused-ring (bicyclic) bond motifs is 2. The van der Waals surface area contributed by atoms with E-state index in [1.165, 1.54) is 0 Å². The molecule has 1 aliphatic rings. The Morgan fingerprint density at radius 3 is 1.45 bits per heavy atom. The summed E-state index contributed by atoms with van der Waals surface area (Å²) >= 11 is 0. The normalized spacial score (nSPS) is 12.1. The Morgan fingerprint density at radius 2 is 1.09 bits per heavy atom. The van der Waals surface area contributed by atoms with Crippen LogP contribution in [0.1, 0.15) is 11.1 Å². The van der Waals surface area contributed by atoms with Crippen molar-refractivity contribution in [2.45, 2.75) is 13.8 Å². The fourth-order valence-corrected chi connectivity index (χ4v) is 3.01. The number of ether oxygens (including phenoxy) is 1. The summed E-state index contributed by atoms with van der Waals surface area (Å²) in [6.07, 6.45) is 0. The van der Waals surface area contributed by atoms with Crippen molar-refractivity contribution in [3.8, 4) is 23.0 Å². The number of hydrogen-bond acceptors (Lipinski definition) is 4. The van der Waals surface area contributed by atoms with Crippen LogP contribution >= 0.6 is 0 Å². The van der Waals surface area contributed by atoms with Crippen LogP contribution in [0.15, 0.2) is 0 Å². The zero-order chi connectivity index (χ0) is 16.3. The third kappa shape index (κ3) is 1.76. The molecule has 0 saturated heterocycles. The Balaban J connectivity index is 2.32. The molecule has 3 N–H and O–H groups in total. The summed E-state index contributed by atoms with van der Waals surface area (Å²) in [5, 5.41) is 24.0. The summed E-state index contributed by atoms with van der Waals surface area (Å²) in [5.74, 6) is 1.76. The van der Waals surface area contributed by atoms with Gasteiger partial charge in [-0.3, -0.25) is 0 Å². The fraction of sp³-hybridized carbons (Fsp3) is 0.143. The van der Waals surface area contributed by atoms with E-state index in [9.17, 15) is 10.2 Å². The van der Waals surface area contributed by atoms with E-state index in [-0.39, 0.29) is 11.5 Å². The molecule has 0 spiro atoms. The lowest BCUT2D eigenvalue weighted by Crippen LogP contribution is -2.28. The van der Waals surface area contributed by atoms with Gasteiger partial charge < -0.3 is 20.3 Å². The largest absolute Gasteiger partial charge is 0.509 e. The molecule has 1 heterocycles. The zero-order valence-electron chi connectivity index (χ0n) is 13.8. The third-order valence-corrected chi connectivity index (χ3v) is 4.89. The highest BCUT2D eigenvalue weighted by atomic mass is 16.5. The number of phenols is 2. The number of hydrogen-bond donors (Lipinski definition) is 3. The molecular weight excluding hydrogens is 273 g/mol. The number of benzene rings is 2. The molecular formula is C14H17B4NO3. The van der Waals surface area contributed by atoms with Gasteiger partial charge in [0.25, 0.3) is 0 Å². The molecule has 0 radical (unpaired) electrons. The molecule has 0 fully saturated rings. The second-order valence-corrected chi connectivity index (χ2v) is 6.08. The van der Waals surface area contributed by atoms with E-state index in [2.05, 4.69) is 5.32 Å². The first-order chi connectivity index (χ1) is 10.3.